The van der Waals surface area contributed by atoms with Crippen molar-refractivity contribution in [1.29, 1.82) is 0 Å². The molecule has 0 unspecified atom stereocenters. The third-order valence-electron chi connectivity index (χ3n) is 3.66. The van der Waals surface area contributed by atoms with Gasteiger partial charge >= 0.3 is 5.97 Å². The highest BCUT2D eigenvalue weighted by atomic mass is 16.5. The van der Waals surface area contributed by atoms with Crippen LogP contribution >= 0.6 is 0 Å². The number of benzene rings is 2. The number of carbonyl (C=O) groups is 2. The summed E-state index contributed by atoms with van der Waals surface area (Å²) in [6, 6.07) is 16.1. The zero-order valence-electron chi connectivity index (χ0n) is 15.0. The van der Waals surface area contributed by atoms with E-state index in [9.17, 15) is 9.59 Å². The van der Waals surface area contributed by atoms with Crippen LogP contribution in [0.1, 0.15) is 36.2 Å². The van der Waals surface area contributed by atoms with Gasteiger partial charge in [-0.1, -0.05) is 36.4 Å². The molecule has 2 aromatic carbocycles. The van der Waals surface area contributed by atoms with E-state index in [0.29, 0.717) is 29.1 Å². The zero-order valence-corrected chi connectivity index (χ0v) is 15.0. The third-order valence-corrected chi connectivity index (χ3v) is 3.66. The molecule has 134 valence electrons. The number of allylic oxidation sites excluding steroid dienone is 1. The van der Waals surface area contributed by atoms with Gasteiger partial charge in [-0.15, -0.1) is 6.58 Å². The SMILES string of the molecule is C=CC/C(C(=O)OCC)=C(\Oc1ccc(C(C)=O)cc1)c1ccccc1. The van der Waals surface area contributed by atoms with Crippen LogP contribution in [-0.4, -0.2) is 18.4 Å². The van der Waals surface area contributed by atoms with Gasteiger partial charge in [0.25, 0.3) is 0 Å². The maximum absolute atomic E-state index is 12.4. The van der Waals surface area contributed by atoms with Crippen molar-refractivity contribution >= 4 is 17.5 Å². The van der Waals surface area contributed by atoms with E-state index in [-0.39, 0.29) is 12.4 Å². The Labute approximate surface area is 153 Å². The maximum Gasteiger partial charge on any atom is 0.338 e. The molecule has 0 saturated carbocycles. The first kappa shape index (κ1) is 19.2. The summed E-state index contributed by atoms with van der Waals surface area (Å²) in [6.07, 6.45) is 1.95. The van der Waals surface area contributed by atoms with Gasteiger partial charge in [-0.25, -0.2) is 4.79 Å². The molecule has 0 aromatic heterocycles. The molecule has 0 bridgehead atoms. The Hall–Kier alpha value is -3.14. The topological polar surface area (TPSA) is 52.6 Å². The summed E-state index contributed by atoms with van der Waals surface area (Å²) >= 11 is 0. The Bertz CT molecular complexity index is 802. The first-order valence-electron chi connectivity index (χ1n) is 8.42. The van der Waals surface area contributed by atoms with Crippen LogP contribution in [-0.2, 0) is 9.53 Å². The molecule has 0 amide bonds. The summed E-state index contributed by atoms with van der Waals surface area (Å²) in [6.45, 7) is 7.26. The monoisotopic (exact) mass is 350 g/mol. The predicted octanol–water partition coefficient (Wildman–Crippen LogP) is 4.82. The van der Waals surface area contributed by atoms with Crippen LogP contribution in [0.25, 0.3) is 5.76 Å². The van der Waals surface area contributed by atoms with Crippen molar-refractivity contribution in [3.63, 3.8) is 0 Å². The van der Waals surface area contributed by atoms with E-state index in [1.807, 2.05) is 30.3 Å². The lowest BCUT2D eigenvalue weighted by atomic mass is 10.1. The number of ether oxygens (including phenoxy) is 2. The molecule has 2 aromatic rings. The van der Waals surface area contributed by atoms with Gasteiger partial charge in [0.1, 0.15) is 11.5 Å². The van der Waals surface area contributed by atoms with E-state index >= 15 is 0 Å². The fourth-order valence-corrected chi connectivity index (χ4v) is 2.39. The molecule has 0 saturated heterocycles. The fourth-order valence-electron chi connectivity index (χ4n) is 2.39. The number of hydrogen-bond acceptors (Lipinski definition) is 4. The molecular weight excluding hydrogens is 328 g/mol. The summed E-state index contributed by atoms with van der Waals surface area (Å²) in [5, 5.41) is 0. The van der Waals surface area contributed by atoms with Crippen LogP contribution in [0.5, 0.6) is 5.75 Å². The molecule has 4 heteroatoms. The fraction of sp³-hybridized carbons (Fsp3) is 0.182. The summed E-state index contributed by atoms with van der Waals surface area (Å²) in [5.41, 5.74) is 1.75. The van der Waals surface area contributed by atoms with Gasteiger partial charge in [0, 0.05) is 17.5 Å². The Morgan fingerprint density at radius 1 is 1.00 bits per heavy atom. The minimum absolute atomic E-state index is 0.0192. The highest BCUT2D eigenvalue weighted by molar-refractivity contribution is 5.97. The van der Waals surface area contributed by atoms with E-state index in [2.05, 4.69) is 6.58 Å². The molecule has 26 heavy (non-hydrogen) atoms. The standard InChI is InChI=1S/C22H22O4/c1-4-9-20(22(24)25-5-2)21(18-10-7-6-8-11-18)26-19-14-12-17(13-15-19)16(3)23/h4,6-8,10-15H,1,5,9H2,2-3H3/b21-20+. The second-order valence-electron chi connectivity index (χ2n) is 5.57. The van der Waals surface area contributed by atoms with Gasteiger partial charge in [0.15, 0.2) is 5.78 Å². The van der Waals surface area contributed by atoms with Gasteiger partial charge in [-0.3, -0.25) is 4.79 Å². The van der Waals surface area contributed by atoms with Gasteiger partial charge in [0.2, 0.25) is 0 Å². The summed E-state index contributed by atoms with van der Waals surface area (Å²) in [5.74, 6) is 0.486. The van der Waals surface area contributed by atoms with Crippen LogP contribution in [0.4, 0.5) is 0 Å². The molecule has 0 radical (unpaired) electrons. The smallest absolute Gasteiger partial charge is 0.338 e. The Morgan fingerprint density at radius 2 is 1.65 bits per heavy atom. The van der Waals surface area contributed by atoms with Crippen LogP contribution in [0.15, 0.2) is 72.8 Å². The largest absolute Gasteiger partial charge is 0.463 e. The number of hydrogen-bond donors (Lipinski definition) is 0. The molecule has 0 N–H and O–H groups in total. The zero-order chi connectivity index (χ0) is 18.9. The highest BCUT2D eigenvalue weighted by Crippen LogP contribution is 2.27. The van der Waals surface area contributed by atoms with E-state index in [4.69, 9.17) is 9.47 Å². The molecule has 0 heterocycles. The lowest BCUT2D eigenvalue weighted by Gasteiger charge is -2.15. The van der Waals surface area contributed by atoms with Crippen molar-refractivity contribution in [2.45, 2.75) is 20.3 Å². The van der Waals surface area contributed by atoms with Gasteiger partial charge in [-0.05, 0) is 38.1 Å². The predicted molar refractivity (Wildman–Crippen MR) is 102 cm³/mol. The van der Waals surface area contributed by atoms with E-state index < -0.39 is 5.97 Å². The second-order valence-corrected chi connectivity index (χ2v) is 5.57. The van der Waals surface area contributed by atoms with Crippen molar-refractivity contribution in [2.75, 3.05) is 6.61 Å². The first-order chi connectivity index (χ1) is 12.6. The molecule has 0 aliphatic carbocycles. The number of carbonyl (C=O) groups excluding carboxylic acids is 2. The van der Waals surface area contributed by atoms with E-state index in [0.717, 1.165) is 5.56 Å². The van der Waals surface area contributed by atoms with E-state index in [1.165, 1.54) is 6.92 Å². The highest BCUT2D eigenvalue weighted by Gasteiger charge is 2.19. The number of ketones is 1. The number of rotatable bonds is 8. The third kappa shape index (κ3) is 4.93. The Balaban J connectivity index is 2.49. The molecule has 4 nitrogen and oxygen atoms in total. The lowest BCUT2D eigenvalue weighted by molar-refractivity contribution is -0.138. The quantitative estimate of drug-likeness (QED) is 0.225. The van der Waals surface area contributed by atoms with Gasteiger partial charge in [0.05, 0.1) is 12.2 Å². The summed E-state index contributed by atoms with van der Waals surface area (Å²) in [4.78, 5) is 23.9. The second kappa shape index (κ2) is 9.37. The number of esters is 1. The van der Waals surface area contributed by atoms with E-state index in [1.54, 1.807) is 37.3 Å². The Kier molecular flexibility index (Phi) is 6.92. The first-order valence-corrected chi connectivity index (χ1v) is 8.42. The van der Waals surface area contributed by atoms with Gasteiger partial charge in [-0.2, -0.15) is 0 Å². The minimum atomic E-state index is -0.438. The van der Waals surface area contributed by atoms with Crippen LogP contribution in [0.2, 0.25) is 0 Å². The summed E-state index contributed by atoms with van der Waals surface area (Å²) in [7, 11) is 0. The van der Waals surface area contributed by atoms with Gasteiger partial charge < -0.3 is 9.47 Å². The van der Waals surface area contributed by atoms with Crippen molar-refractivity contribution in [1.82, 2.24) is 0 Å². The van der Waals surface area contributed by atoms with Crippen molar-refractivity contribution < 1.29 is 19.1 Å². The van der Waals surface area contributed by atoms with Crippen molar-refractivity contribution in [3.8, 4) is 5.75 Å². The van der Waals surface area contributed by atoms with Crippen molar-refractivity contribution in [2.24, 2.45) is 0 Å². The molecule has 0 aliphatic heterocycles. The molecule has 0 atom stereocenters. The maximum atomic E-state index is 12.4. The molecule has 0 fully saturated rings. The van der Waals surface area contributed by atoms with Crippen LogP contribution < -0.4 is 4.74 Å². The average Bonchev–Trinajstić information content (AvgIpc) is 2.66. The van der Waals surface area contributed by atoms with Crippen LogP contribution in [0, 0.1) is 0 Å². The average molecular weight is 350 g/mol. The Morgan fingerprint density at radius 3 is 2.19 bits per heavy atom. The normalized spacial score (nSPS) is 11.3. The molecule has 2 rings (SSSR count). The summed E-state index contributed by atoms with van der Waals surface area (Å²) < 4.78 is 11.2. The molecule has 0 spiro atoms. The molecular formula is C22H22O4. The number of Topliss-reactive ketones (excluding diaryl/α,β-unsaturated/α-hetero) is 1. The van der Waals surface area contributed by atoms with Crippen molar-refractivity contribution in [3.05, 3.63) is 84.0 Å². The molecule has 0 aliphatic rings. The lowest BCUT2D eigenvalue weighted by Crippen LogP contribution is -2.12. The minimum Gasteiger partial charge on any atom is -0.463 e. The van der Waals surface area contributed by atoms with Crippen LogP contribution in [0.3, 0.4) is 0 Å².